The minimum atomic E-state index is -3.00. The lowest BCUT2D eigenvalue weighted by Crippen LogP contribution is -2.22. The highest BCUT2D eigenvalue weighted by atomic mass is 32.2. The molecule has 14 heavy (non-hydrogen) atoms. The molecule has 0 bridgehead atoms. The highest BCUT2D eigenvalue weighted by Crippen LogP contribution is 2.68. The first-order valence-corrected chi connectivity index (χ1v) is 7.03. The molecular formula is C10H15NO2S. The third-order valence-corrected chi connectivity index (χ3v) is 5.55. The first-order valence-electron chi connectivity index (χ1n) is 5.19. The molecule has 1 heterocycles. The van der Waals surface area contributed by atoms with Gasteiger partial charge in [-0.25, -0.2) is 8.42 Å². The summed E-state index contributed by atoms with van der Waals surface area (Å²) >= 11 is 0. The fourth-order valence-electron chi connectivity index (χ4n) is 3.81. The molecule has 1 aliphatic heterocycles. The van der Waals surface area contributed by atoms with E-state index in [0.717, 1.165) is 25.7 Å². The van der Waals surface area contributed by atoms with E-state index in [-0.39, 0.29) is 11.1 Å². The van der Waals surface area contributed by atoms with Gasteiger partial charge in [0, 0.05) is 0 Å². The lowest BCUT2D eigenvalue weighted by atomic mass is 9.86. The standard InChI is InChI=1S/C10H15NO2S/c1-14(12,13)11-9-5-2-3-6-10(9,11)8-4-7-9/h2-3H,4-8H2,1H3/t9-,10-/m1/s1. The molecule has 2 atom stereocenters. The van der Waals surface area contributed by atoms with Gasteiger partial charge >= 0.3 is 0 Å². The van der Waals surface area contributed by atoms with Crippen molar-refractivity contribution >= 4 is 10.0 Å². The Hall–Kier alpha value is -0.350. The smallest absolute Gasteiger partial charge is 0.212 e. The fraction of sp³-hybridized carbons (Fsp3) is 0.800. The van der Waals surface area contributed by atoms with Crippen LogP contribution in [0.4, 0.5) is 0 Å². The van der Waals surface area contributed by atoms with E-state index >= 15 is 0 Å². The zero-order valence-corrected chi connectivity index (χ0v) is 9.18. The lowest BCUT2D eigenvalue weighted by molar-refractivity contribution is 0.447. The predicted molar refractivity (Wildman–Crippen MR) is 54.4 cm³/mol. The summed E-state index contributed by atoms with van der Waals surface area (Å²) in [6, 6.07) is 0. The van der Waals surface area contributed by atoms with Crippen molar-refractivity contribution in [3.63, 3.8) is 0 Å². The van der Waals surface area contributed by atoms with Crippen LogP contribution in [0.2, 0.25) is 0 Å². The molecular weight excluding hydrogens is 198 g/mol. The molecule has 0 amide bonds. The highest BCUT2D eigenvalue weighted by molar-refractivity contribution is 7.88. The quantitative estimate of drug-likeness (QED) is 0.486. The van der Waals surface area contributed by atoms with E-state index in [0.29, 0.717) is 0 Å². The monoisotopic (exact) mass is 213 g/mol. The number of nitrogens with zero attached hydrogens (tertiary/aromatic N) is 1. The van der Waals surface area contributed by atoms with Gasteiger partial charge in [0.1, 0.15) is 0 Å². The molecule has 0 aromatic carbocycles. The minimum Gasteiger partial charge on any atom is -0.212 e. The van der Waals surface area contributed by atoms with E-state index in [1.54, 1.807) is 4.31 Å². The van der Waals surface area contributed by atoms with Crippen LogP contribution in [0.3, 0.4) is 0 Å². The number of rotatable bonds is 1. The number of hydrogen-bond donors (Lipinski definition) is 0. The SMILES string of the molecule is CS(=O)(=O)N1[C@@]23CC=CC[C@]12CCC3. The highest BCUT2D eigenvalue weighted by Gasteiger charge is 2.79. The molecule has 1 saturated heterocycles. The van der Waals surface area contributed by atoms with Crippen molar-refractivity contribution in [2.24, 2.45) is 0 Å². The van der Waals surface area contributed by atoms with Crippen LogP contribution in [0.15, 0.2) is 12.2 Å². The van der Waals surface area contributed by atoms with Crippen LogP contribution < -0.4 is 0 Å². The van der Waals surface area contributed by atoms with Gasteiger partial charge in [0.15, 0.2) is 0 Å². The fourth-order valence-corrected chi connectivity index (χ4v) is 5.71. The van der Waals surface area contributed by atoms with Crippen LogP contribution in [-0.4, -0.2) is 30.1 Å². The van der Waals surface area contributed by atoms with Crippen LogP contribution in [0.5, 0.6) is 0 Å². The van der Waals surface area contributed by atoms with Gasteiger partial charge in [-0.2, -0.15) is 4.31 Å². The van der Waals surface area contributed by atoms with Gasteiger partial charge < -0.3 is 0 Å². The second-order valence-corrected chi connectivity index (χ2v) is 6.65. The summed E-state index contributed by atoms with van der Waals surface area (Å²) < 4.78 is 25.1. The molecule has 78 valence electrons. The maximum atomic E-state index is 11.7. The molecule has 3 aliphatic rings. The van der Waals surface area contributed by atoms with Crippen molar-refractivity contribution in [1.29, 1.82) is 0 Å². The molecule has 0 aromatic rings. The predicted octanol–water partition coefficient (Wildman–Crippen LogP) is 1.27. The van der Waals surface area contributed by atoms with Crippen molar-refractivity contribution in [2.45, 2.75) is 43.2 Å². The van der Waals surface area contributed by atoms with Crippen LogP contribution >= 0.6 is 0 Å². The van der Waals surface area contributed by atoms with Crippen molar-refractivity contribution in [2.75, 3.05) is 6.26 Å². The topological polar surface area (TPSA) is 37.1 Å². The third kappa shape index (κ3) is 0.762. The average molecular weight is 213 g/mol. The van der Waals surface area contributed by atoms with Gasteiger partial charge in [-0.05, 0) is 32.1 Å². The Balaban J connectivity index is 2.09. The maximum absolute atomic E-state index is 11.7. The van der Waals surface area contributed by atoms with Crippen LogP contribution in [0.25, 0.3) is 0 Å². The summed E-state index contributed by atoms with van der Waals surface area (Å²) in [6.07, 6.45) is 10.8. The Morgan fingerprint density at radius 2 is 1.64 bits per heavy atom. The zero-order valence-electron chi connectivity index (χ0n) is 8.36. The van der Waals surface area contributed by atoms with Gasteiger partial charge in [0.05, 0.1) is 17.3 Å². The first kappa shape index (κ1) is 8.92. The summed E-state index contributed by atoms with van der Waals surface area (Å²) in [4.78, 5) is 0. The zero-order chi connectivity index (χ0) is 10.0. The first-order chi connectivity index (χ1) is 6.53. The van der Waals surface area contributed by atoms with Crippen LogP contribution in [-0.2, 0) is 10.0 Å². The largest absolute Gasteiger partial charge is 0.212 e. The Bertz CT molecular complexity index is 392. The third-order valence-electron chi connectivity index (χ3n) is 4.18. The molecule has 0 unspecified atom stereocenters. The molecule has 0 aromatic heterocycles. The van der Waals surface area contributed by atoms with E-state index in [2.05, 4.69) is 12.2 Å². The van der Waals surface area contributed by atoms with E-state index in [1.165, 1.54) is 12.7 Å². The molecule has 3 rings (SSSR count). The summed E-state index contributed by atoms with van der Waals surface area (Å²) in [5.74, 6) is 0. The average Bonchev–Trinajstić information content (AvgIpc) is 2.51. The van der Waals surface area contributed by atoms with Gasteiger partial charge in [-0.3, -0.25) is 0 Å². The van der Waals surface area contributed by atoms with E-state index in [9.17, 15) is 8.42 Å². The molecule has 0 spiro atoms. The number of sulfonamides is 1. The summed E-state index contributed by atoms with van der Waals surface area (Å²) in [6.45, 7) is 0. The second-order valence-electron chi connectivity index (χ2n) is 4.82. The summed E-state index contributed by atoms with van der Waals surface area (Å²) in [5.41, 5.74) is -0.00926. The molecule has 0 N–H and O–H groups in total. The molecule has 2 fully saturated rings. The summed E-state index contributed by atoms with van der Waals surface area (Å²) in [5, 5.41) is 0. The van der Waals surface area contributed by atoms with Crippen molar-refractivity contribution < 1.29 is 8.42 Å². The number of hydrogen-bond acceptors (Lipinski definition) is 2. The van der Waals surface area contributed by atoms with E-state index in [4.69, 9.17) is 0 Å². The number of piperidine rings is 1. The van der Waals surface area contributed by atoms with Gasteiger partial charge in [-0.15, -0.1) is 0 Å². The van der Waals surface area contributed by atoms with Gasteiger partial charge in [0.2, 0.25) is 10.0 Å². The molecule has 4 heteroatoms. The van der Waals surface area contributed by atoms with Crippen LogP contribution in [0.1, 0.15) is 32.1 Å². The van der Waals surface area contributed by atoms with Crippen molar-refractivity contribution in [3.05, 3.63) is 12.2 Å². The molecule has 3 nitrogen and oxygen atoms in total. The second kappa shape index (κ2) is 2.25. The van der Waals surface area contributed by atoms with Crippen molar-refractivity contribution in [3.8, 4) is 0 Å². The molecule has 0 radical (unpaired) electrons. The minimum absolute atomic E-state index is 0.00463. The Labute approximate surface area is 84.8 Å². The molecule has 2 aliphatic carbocycles. The summed E-state index contributed by atoms with van der Waals surface area (Å²) in [7, 11) is -3.00. The normalized spacial score (nSPS) is 49.9. The Morgan fingerprint density at radius 1 is 1.14 bits per heavy atom. The Morgan fingerprint density at radius 3 is 2.07 bits per heavy atom. The van der Waals surface area contributed by atoms with Crippen molar-refractivity contribution in [1.82, 2.24) is 4.31 Å². The van der Waals surface area contributed by atoms with Gasteiger partial charge in [-0.1, -0.05) is 12.2 Å². The van der Waals surface area contributed by atoms with E-state index < -0.39 is 10.0 Å². The van der Waals surface area contributed by atoms with Crippen LogP contribution in [0, 0.1) is 0 Å². The maximum Gasteiger partial charge on any atom is 0.212 e. The Kier molecular flexibility index (Phi) is 1.43. The molecule has 1 saturated carbocycles. The van der Waals surface area contributed by atoms with Gasteiger partial charge in [0.25, 0.3) is 0 Å². The van der Waals surface area contributed by atoms with E-state index in [1.807, 2.05) is 0 Å². The lowest BCUT2D eigenvalue weighted by Gasteiger charge is -2.14.